The number of nitrogens with one attached hydrogen (secondary N) is 2. The van der Waals surface area contributed by atoms with Crippen LogP contribution in [0.15, 0.2) is 57.7 Å². The molecule has 2 heterocycles. The van der Waals surface area contributed by atoms with E-state index < -0.39 is 0 Å². The summed E-state index contributed by atoms with van der Waals surface area (Å²) in [6.07, 6.45) is 0. The summed E-state index contributed by atoms with van der Waals surface area (Å²) in [5.41, 5.74) is 2.46. The summed E-state index contributed by atoms with van der Waals surface area (Å²) in [4.78, 5) is 21.0. The van der Waals surface area contributed by atoms with Crippen LogP contribution in [0, 0.1) is 0 Å². The zero-order chi connectivity index (χ0) is 17.4. The summed E-state index contributed by atoms with van der Waals surface area (Å²) in [6, 6.07) is 15.3. The van der Waals surface area contributed by atoms with Crippen molar-refractivity contribution in [3.63, 3.8) is 0 Å². The number of hydrogen-bond donors (Lipinski definition) is 2. The monoisotopic (exact) mass is 354 g/mol. The fourth-order valence-corrected chi connectivity index (χ4v) is 3.29. The van der Waals surface area contributed by atoms with Crippen molar-refractivity contribution in [1.82, 2.24) is 9.97 Å². The molecule has 0 aliphatic carbocycles. The van der Waals surface area contributed by atoms with E-state index in [0.29, 0.717) is 23.5 Å². The normalized spacial score (nSPS) is 12.7. The number of H-pyrrole nitrogens is 1. The molecule has 1 unspecified atom stereocenters. The van der Waals surface area contributed by atoms with E-state index in [1.807, 2.05) is 48.5 Å². The summed E-state index contributed by atoms with van der Waals surface area (Å²) >= 11 is 6.04. The van der Waals surface area contributed by atoms with E-state index >= 15 is 0 Å². The maximum Gasteiger partial charge on any atom is 0.294 e. The smallest absolute Gasteiger partial charge is 0.294 e. The van der Waals surface area contributed by atoms with Crippen molar-refractivity contribution in [2.75, 3.05) is 7.05 Å². The quantitative estimate of drug-likeness (QED) is 0.592. The van der Waals surface area contributed by atoms with Crippen LogP contribution in [0.25, 0.3) is 22.1 Å². The van der Waals surface area contributed by atoms with Gasteiger partial charge in [-0.25, -0.2) is 4.98 Å². The molecule has 4 rings (SSSR count). The van der Waals surface area contributed by atoms with E-state index in [2.05, 4.69) is 17.0 Å². The number of aromatic amines is 1. The summed E-state index contributed by atoms with van der Waals surface area (Å²) in [6.45, 7) is 1.38. The number of halogens is 1. The van der Waals surface area contributed by atoms with Gasteiger partial charge < -0.3 is 14.3 Å². The predicted molar refractivity (Wildman–Crippen MR) is 97.9 cm³/mol. The number of furan rings is 1. The Balaban J connectivity index is 1.65. The number of rotatable bonds is 4. The van der Waals surface area contributed by atoms with E-state index in [4.69, 9.17) is 16.0 Å². The minimum atomic E-state index is -0.244. The van der Waals surface area contributed by atoms with Crippen molar-refractivity contribution in [2.45, 2.75) is 13.1 Å². The highest BCUT2D eigenvalue weighted by Crippen LogP contribution is 2.24. The third-order valence-corrected chi connectivity index (χ3v) is 4.38. The second-order valence-corrected chi connectivity index (χ2v) is 6.67. The molecule has 2 aromatic heterocycles. The molecule has 0 fully saturated rings. The number of benzene rings is 2. The number of quaternary nitrogens is 1. The number of aromatic nitrogens is 2. The average molecular weight is 355 g/mol. The number of nitrogens with zero attached hydrogens (tertiary/aromatic N) is 1. The summed E-state index contributed by atoms with van der Waals surface area (Å²) in [7, 11) is 2.05. The Bertz CT molecular complexity index is 1120. The van der Waals surface area contributed by atoms with Gasteiger partial charge >= 0.3 is 0 Å². The number of para-hydroxylation sites is 1. The van der Waals surface area contributed by atoms with E-state index in [0.717, 1.165) is 22.5 Å². The van der Waals surface area contributed by atoms with E-state index in [1.54, 1.807) is 0 Å². The summed E-state index contributed by atoms with van der Waals surface area (Å²) < 4.78 is 5.62. The van der Waals surface area contributed by atoms with Gasteiger partial charge in [0.1, 0.15) is 24.2 Å². The highest BCUT2D eigenvalue weighted by atomic mass is 35.5. The van der Waals surface area contributed by atoms with Crippen LogP contribution in [0.4, 0.5) is 0 Å². The van der Waals surface area contributed by atoms with E-state index in [1.165, 1.54) is 4.90 Å². The average Bonchev–Trinajstić information content (AvgIpc) is 2.94. The van der Waals surface area contributed by atoms with E-state index in [9.17, 15) is 4.79 Å². The van der Waals surface area contributed by atoms with Gasteiger partial charge in [0.05, 0.1) is 7.05 Å². The number of fused-ring (bicyclic) bond motifs is 3. The molecule has 0 spiro atoms. The first kappa shape index (κ1) is 15.9. The van der Waals surface area contributed by atoms with Crippen LogP contribution < -0.4 is 10.5 Å². The van der Waals surface area contributed by atoms with Gasteiger partial charge in [-0.2, -0.15) is 0 Å². The van der Waals surface area contributed by atoms with Gasteiger partial charge in [0.15, 0.2) is 5.82 Å². The highest BCUT2D eigenvalue weighted by molar-refractivity contribution is 6.30. The molecule has 6 heteroatoms. The number of hydrogen-bond acceptors (Lipinski definition) is 3. The third kappa shape index (κ3) is 3.16. The van der Waals surface area contributed by atoms with Crippen molar-refractivity contribution >= 4 is 33.7 Å². The van der Waals surface area contributed by atoms with Crippen molar-refractivity contribution in [1.29, 1.82) is 0 Å². The molecule has 0 bridgehead atoms. The zero-order valence-electron chi connectivity index (χ0n) is 13.7. The van der Waals surface area contributed by atoms with Crippen molar-refractivity contribution < 1.29 is 9.32 Å². The van der Waals surface area contributed by atoms with Crippen LogP contribution in [-0.4, -0.2) is 17.0 Å². The molecule has 5 nitrogen and oxygen atoms in total. The molecule has 0 amide bonds. The maximum atomic E-state index is 12.3. The molecule has 0 aliphatic heterocycles. The molecule has 2 N–H and O–H groups in total. The van der Waals surface area contributed by atoms with Crippen molar-refractivity contribution in [3.8, 4) is 0 Å². The third-order valence-electron chi connectivity index (χ3n) is 4.14. The molecule has 2 aromatic carbocycles. The standard InChI is InChI=1S/C19H16ClN3O2/c1-23(10-12-5-4-6-13(20)9-12)11-16-21-17-14-7-2-3-8-15(14)25-18(17)19(24)22-16/h2-9H,10-11H2,1H3,(H,21,22,24)/p+1. The van der Waals surface area contributed by atoms with Crippen molar-refractivity contribution in [3.05, 3.63) is 75.3 Å². The Kier molecular flexibility index (Phi) is 4.03. The van der Waals surface area contributed by atoms with E-state index in [-0.39, 0.29) is 11.1 Å². The van der Waals surface area contributed by atoms with Crippen LogP contribution in [0.3, 0.4) is 0 Å². The Labute approximate surface area is 148 Å². The second-order valence-electron chi connectivity index (χ2n) is 6.23. The van der Waals surface area contributed by atoms with Crippen molar-refractivity contribution in [2.24, 2.45) is 0 Å². The first-order chi connectivity index (χ1) is 12.1. The second kappa shape index (κ2) is 6.35. The molecule has 0 radical (unpaired) electrons. The van der Waals surface area contributed by atoms with Gasteiger partial charge in [-0.3, -0.25) is 4.79 Å². The largest absolute Gasteiger partial charge is 0.449 e. The Morgan fingerprint density at radius 2 is 2.00 bits per heavy atom. The Morgan fingerprint density at radius 3 is 2.84 bits per heavy atom. The Hall–Kier alpha value is -2.63. The minimum absolute atomic E-state index is 0.244. The lowest BCUT2D eigenvalue weighted by atomic mass is 10.2. The molecule has 25 heavy (non-hydrogen) atoms. The molecular weight excluding hydrogens is 338 g/mol. The molecular formula is C19H17ClN3O2+. The van der Waals surface area contributed by atoms with Crippen LogP contribution >= 0.6 is 11.6 Å². The van der Waals surface area contributed by atoms with Crippen LogP contribution in [0.1, 0.15) is 11.4 Å². The predicted octanol–water partition coefficient (Wildman–Crippen LogP) is 2.54. The van der Waals surface area contributed by atoms with Gasteiger partial charge in [-0.1, -0.05) is 35.9 Å². The minimum Gasteiger partial charge on any atom is -0.449 e. The molecule has 1 atom stereocenters. The molecule has 126 valence electrons. The lowest BCUT2D eigenvalue weighted by molar-refractivity contribution is -0.908. The van der Waals surface area contributed by atoms with Crippen LogP contribution in [0.5, 0.6) is 0 Å². The fraction of sp³-hybridized carbons (Fsp3) is 0.158. The maximum absolute atomic E-state index is 12.3. The zero-order valence-corrected chi connectivity index (χ0v) is 14.4. The highest BCUT2D eigenvalue weighted by Gasteiger charge is 2.15. The van der Waals surface area contributed by atoms with Gasteiger partial charge in [0.2, 0.25) is 5.58 Å². The van der Waals surface area contributed by atoms with Crippen LogP contribution in [0.2, 0.25) is 5.02 Å². The van der Waals surface area contributed by atoms with Gasteiger partial charge in [-0.15, -0.1) is 0 Å². The molecule has 4 aromatic rings. The van der Waals surface area contributed by atoms with Gasteiger partial charge in [0.25, 0.3) is 5.56 Å². The Morgan fingerprint density at radius 1 is 1.16 bits per heavy atom. The molecule has 0 saturated carbocycles. The first-order valence-corrected chi connectivity index (χ1v) is 8.44. The van der Waals surface area contributed by atoms with Crippen LogP contribution in [-0.2, 0) is 13.1 Å². The lowest BCUT2D eigenvalue weighted by Crippen LogP contribution is -3.06. The topological polar surface area (TPSA) is 63.3 Å². The fourth-order valence-electron chi connectivity index (χ4n) is 3.07. The lowest BCUT2D eigenvalue weighted by Gasteiger charge is -2.13. The SMILES string of the molecule is C[NH+](Cc1cccc(Cl)c1)Cc1nc2c(oc3ccccc32)c(=O)[nH]1. The molecule has 0 saturated heterocycles. The molecule has 0 aliphatic rings. The van der Waals surface area contributed by atoms with Gasteiger partial charge in [-0.05, 0) is 24.3 Å². The van der Waals surface area contributed by atoms with Gasteiger partial charge in [0, 0.05) is 16.0 Å². The first-order valence-electron chi connectivity index (χ1n) is 8.06. The summed E-state index contributed by atoms with van der Waals surface area (Å²) in [5.74, 6) is 0.642. The summed E-state index contributed by atoms with van der Waals surface area (Å²) in [5, 5.41) is 1.58.